The van der Waals surface area contributed by atoms with Crippen LogP contribution in [0.1, 0.15) is 60.5 Å². The molecule has 0 spiro atoms. The molecule has 0 heterocycles. The zero-order valence-corrected chi connectivity index (χ0v) is 20.3. The van der Waals surface area contributed by atoms with E-state index < -0.39 is 58.3 Å². The molecule has 1 amide bonds. The number of nitrogens with zero attached hydrogens (tertiary/aromatic N) is 1. The van der Waals surface area contributed by atoms with E-state index in [-0.39, 0.29) is 30.6 Å². The maximum absolute atomic E-state index is 13.8. The number of fused-ring (bicyclic) bond motifs is 3. The van der Waals surface area contributed by atoms with Crippen molar-refractivity contribution in [3.8, 4) is 5.75 Å². The van der Waals surface area contributed by atoms with Gasteiger partial charge in [0.1, 0.15) is 5.75 Å². The minimum absolute atomic E-state index is 0.0603. The van der Waals surface area contributed by atoms with Gasteiger partial charge in [0.25, 0.3) is 0 Å². The normalized spacial score (nSPS) is 29.9. The lowest BCUT2D eigenvalue weighted by molar-refractivity contribution is -0.175. The molecular weight excluding hydrogens is 452 g/mol. The monoisotopic (exact) mass is 484 g/mol. The number of aromatic hydroxyl groups is 1. The Balaban J connectivity index is 1.80. The zero-order chi connectivity index (χ0) is 25.8. The van der Waals surface area contributed by atoms with Gasteiger partial charge in [0.05, 0.1) is 11.5 Å². The van der Waals surface area contributed by atoms with Crippen molar-refractivity contribution in [3.05, 3.63) is 22.8 Å². The van der Waals surface area contributed by atoms with Crippen molar-refractivity contribution in [1.29, 1.82) is 0 Å². The molecule has 4 N–H and O–H groups in total. The van der Waals surface area contributed by atoms with Gasteiger partial charge in [-0.15, -0.1) is 0 Å². The third-order valence-corrected chi connectivity index (χ3v) is 7.99. The summed E-state index contributed by atoms with van der Waals surface area (Å²) < 4.78 is 0. The van der Waals surface area contributed by atoms with E-state index in [1.54, 1.807) is 0 Å². The number of rotatable bonds is 6. The average molecular weight is 485 g/mol. The summed E-state index contributed by atoms with van der Waals surface area (Å²) >= 11 is 0. The lowest BCUT2D eigenvalue weighted by Gasteiger charge is -2.48. The number of primary amides is 1. The van der Waals surface area contributed by atoms with E-state index in [4.69, 9.17) is 5.73 Å². The molecule has 3 aliphatic carbocycles. The molecule has 0 radical (unpaired) electrons. The Bertz CT molecular complexity index is 1140. The number of amides is 1. The van der Waals surface area contributed by atoms with Gasteiger partial charge in [0, 0.05) is 32.1 Å². The number of Topliss-reactive ketones (excluding diaryl/α,β-unsaturated/α-hetero) is 4. The molecule has 2 unspecified atom stereocenters. The molecule has 0 saturated heterocycles. The van der Waals surface area contributed by atoms with E-state index >= 15 is 0 Å². The first kappa shape index (κ1) is 25.0. The fourth-order valence-corrected chi connectivity index (χ4v) is 6.22. The van der Waals surface area contributed by atoms with E-state index in [2.05, 4.69) is 6.92 Å². The van der Waals surface area contributed by atoms with Crippen LogP contribution in [0.3, 0.4) is 0 Å². The van der Waals surface area contributed by atoms with E-state index in [1.165, 1.54) is 0 Å². The summed E-state index contributed by atoms with van der Waals surface area (Å²) in [6, 6.07) is 1.88. The molecular formula is C26H32N2O7. The molecule has 3 aliphatic rings. The van der Waals surface area contributed by atoms with Crippen LogP contribution in [0.5, 0.6) is 5.75 Å². The Kier molecular flexibility index (Phi) is 6.34. The number of hydrogen-bond acceptors (Lipinski definition) is 8. The average Bonchev–Trinajstić information content (AvgIpc) is 2.77. The maximum Gasteiger partial charge on any atom is 0.235 e. The summed E-state index contributed by atoms with van der Waals surface area (Å²) in [4.78, 5) is 66.5. The molecule has 0 aromatic heterocycles. The number of unbranched alkanes of at least 4 members (excludes halogenated alkanes) is 2. The maximum atomic E-state index is 13.8. The highest BCUT2D eigenvalue weighted by Crippen LogP contribution is 2.51. The smallest absolute Gasteiger partial charge is 0.235 e. The van der Waals surface area contributed by atoms with Crippen molar-refractivity contribution in [1.82, 2.24) is 0 Å². The van der Waals surface area contributed by atoms with E-state index in [9.17, 15) is 34.2 Å². The third kappa shape index (κ3) is 3.67. The van der Waals surface area contributed by atoms with E-state index in [0.717, 1.165) is 24.9 Å². The van der Waals surface area contributed by atoms with Crippen molar-refractivity contribution >= 4 is 34.7 Å². The van der Waals surface area contributed by atoms with Gasteiger partial charge in [0.15, 0.2) is 34.7 Å². The Morgan fingerprint density at radius 2 is 1.83 bits per heavy atom. The molecule has 1 aromatic rings. The lowest BCUT2D eigenvalue weighted by Crippen LogP contribution is -2.68. The van der Waals surface area contributed by atoms with Crippen LogP contribution in [-0.2, 0) is 32.0 Å². The van der Waals surface area contributed by atoms with Crippen LogP contribution >= 0.6 is 0 Å². The molecule has 2 fully saturated rings. The molecule has 1 aromatic carbocycles. The first-order valence-corrected chi connectivity index (χ1v) is 12.2. The number of carbonyl (C=O) groups is 5. The Morgan fingerprint density at radius 3 is 2.43 bits per heavy atom. The highest BCUT2D eigenvalue weighted by molar-refractivity contribution is 6.31. The fraction of sp³-hybridized carbons (Fsp3) is 0.577. The summed E-state index contributed by atoms with van der Waals surface area (Å²) in [7, 11) is 3.68. The highest BCUT2D eigenvalue weighted by Gasteiger charge is 2.66. The molecule has 9 nitrogen and oxygen atoms in total. The summed E-state index contributed by atoms with van der Waals surface area (Å²) in [5, 5.41) is 22.4. The standard InChI is InChI=1S/C26H32N2O7/c1-4-5-6-7-12-10-16(28(2)3)15-9-13-8-14-11-17(29)20(25(27)34)24(33)26(14,35)23(32)18(13)22(31)19(15)21(12)30/h10,13-14,18,20,30,35H,4-9,11H2,1-3H3,(H2,27,34)/t13-,14+,18?,20?,26+/m1/s1. The van der Waals surface area contributed by atoms with Crippen molar-refractivity contribution in [2.45, 2.75) is 57.5 Å². The van der Waals surface area contributed by atoms with E-state index in [1.807, 2.05) is 25.1 Å². The molecule has 5 atom stereocenters. The van der Waals surface area contributed by atoms with Gasteiger partial charge in [0.2, 0.25) is 5.91 Å². The molecule has 2 saturated carbocycles. The van der Waals surface area contributed by atoms with Crippen molar-refractivity contribution in [2.24, 2.45) is 29.4 Å². The summed E-state index contributed by atoms with van der Waals surface area (Å²) in [6.07, 6.45) is 3.37. The first-order chi connectivity index (χ1) is 16.4. The quantitative estimate of drug-likeness (QED) is 0.401. The van der Waals surface area contributed by atoms with Crippen molar-refractivity contribution in [2.75, 3.05) is 19.0 Å². The van der Waals surface area contributed by atoms with Crippen LogP contribution in [0, 0.1) is 23.7 Å². The molecule has 0 aliphatic heterocycles. The van der Waals surface area contributed by atoms with Crippen LogP contribution in [0.2, 0.25) is 0 Å². The Labute approximate surface area is 203 Å². The van der Waals surface area contributed by atoms with E-state index in [0.29, 0.717) is 17.5 Å². The number of phenols is 1. The number of carbonyl (C=O) groups excluding carboxylic acids is 5. The molecule has 35 heavy (non-hydrogen) atoms. The molecule has 9 heteroatoms. The van der Waals surface area contributed by atoms with Crippen molar-refractivity contribution < 1.29 is 34.2 Å². The highest BCUT2D eigenvalue weighted by atomic mass is 16.3. The van der Waals surface area contributed by atoms with Crippen LogP contribution < -0.4 is 10.6 Å². The lowest BCUT2D eigenvalue weighted by atomic mass is 9.53. The Hall–Kier alpha value is -3.07. The number of nitrogens with two attached hydrogens (primary N) is 1. The van der Waals surface area contributed by atoms with Crippen molar-refractivity contribution in [3.63, 3.8) is 0 Å². The number of benzene rings is 1. The SMILES string of the molecule is CCCCCc1cc(N(C)C)c2c(c1O)C(=O)C1C(=O)[C@]3(O)C(=O)C(C(N)=O)C(=O)C[C@@H]3C[C@@H]1C2. The number of aliphatic hydroxyl groups is 1. The van der Waals surface area contributed by atoms with Gasteiger partial charge in [-0.05, 0) is 48.8 Å². The van der Waals surface area contributed by atoms with Gasteiger partial charge in [-0.3, -0.25) is 24.0 Å². The largest absolute Gasteiger partial charge is 0.507 e. The molecule has 4 rings (SSSR count). The minimum Gasteiger partial charge on any atom is -0.507 e. The number of phenolic OH excluding ortho intramolecular Hbond substituents is 1. The van der Waals surface area contributed by atoms with Gasteiger partial charge in [-0.2, -0.15) is 0 Å². The van der Waals surface area contributed by atoms with Crippen LogP contribution in [0.15, 0.2) is 6.07 Å². The molecule has 0 bridgehead atoms. The third-order valence-electron chi connectivity index (χ3n) is 7.99. The first-order valence-electron chi connectivity index (χ1n) is 12.2. The Morgan fingerprint density at radius 1 is 1.14 bits per heavy atom. The fourth-order valence-electron chi connectivity index (χ4n) is 6.22. The van der Waals surface area contributed by atoms with Crippen LogP contribution in [-0.4, -0.2) is 58.9 Å². The second-order valence-corrected chi connectivity index (χ2v) is 10.3. The summed E-state index contributed by atoms with van der Waals surface area (Å²) in [5.74, 6) is -9.77. The molecule has 188 valence electrons. The zero-order valence-electron chi connectivity index (χ0n) is 20.3. The van der Waals surface area contributed by atoms with Crippen LogP contribution in [0.4, 0.5) is 5.69 Å². The summed E-state index contributed by atoms with van der Waals surface area (Å²) in [6.45, 7) is 2.07. The predicted octanol–water partition coefficient (Wildman–Crippen LogP) is 1.13. The number of anilines is 1. The van der Waals surface area contributed by atoms with Gasteiger partial charge >= 0.3 is 0 Å². The number of ketones is 4. The second kappa shape index (κ2) is 8.86. The van der Waals surface area contributed by atoms with Gasteiger partial charge in [-0.25, -0.2) is 0 Å². The number of aryl methyl sites for hydroxylation is 1. The summed E-state index contributed by atoms with van der Waals surface area (Å²) in [5.41, 5.74) is 4.66. The number of hydrogen-bond donors (Lipinski definition) is 3. The predicted molar refractivity (Wildman–Crippen MR) is 126 cm³/mol. The van der Waals surface area contributed by atoms with Crippen LogP contribution in [0.25, 0.3) is 0 Å². The minimum atomic E-state index is -2.62. The van der Waals surface area contributed by atoms with Gasteiger partial charge in [-0.1, -0.05) is 19.8 Å². The topological polar surface area (TPSA) is 155 Å². The second-order valence-electron chi connectivity index (χ2n) is 10.3. The van der Waals surface area contributed by atoms with Gasteiger partial charge < -0.3 is 20.8 Å².